The zero-order valence-electron chi connectivity index (χ0n) is 13.3. The van der Waals surface area contributed by atoms with Gasteiger partial charge in [-0.1, -0.05) is 18.2 Å². The van der Waals surface area contributed by atoms with E-state index in [2.05, 4.69) is 28.3 Å². The fourth-order valence-electron chi connectivity index (χ4n) is 3.82. The number of carbonyl (C=O) groups excluding carboxylic acids is 1. The maximum atomic E-state index is 12.7. The minimum absolute atomic E-state index is 0.229. The van der Waals surface area contributed by atoms with Crippen LogP contribution in [0, 0.1) is 0 Å². The first-order valence-electron chi connectivity index (χ1n) is 8.52. The Morgan fingerprint density at radius 3 is 3.00 bits per heavy atom. The summed E-state index contributed by atoms with van der Waals surface area (Å²) in [5, 5.41) is 4.22. The predicted octanol–water partition coefficient (Wildman–Crippen LogP) is 2.17. The molecule has 1 aliphatic heterocycles. The smallest absolute Gasteiger partial charge is 0.227 e. The SMILES string of the molecule is O=C(Cc1ccc2c(c1)CCC2)N1CCC[C@H](n2cncn2)C1. The number of piperidine rings is 1. The van der Waals surface area contributed by atoms with Gasteiger partial charge < -0.3 is 4.90 Å². The second kappa shape index (κ2) is 6.14. The standard InChI is InChI=1S/C18H22N4O/c23-18(10-14-6-7-15-3-1-4-16(15)9-14)21-8-2-5-17(11-21)22-13-19-12-20-22/h6-7,9,12-13,17H,1-5,8,10-11H2/t17-/m0/s1. The number of carbonyl (C=O) groups is 1. The molecule has 1 saturated heterocycles. The van der Waals surface area contributed by atoms with Gasteiger partial charge in [-0.25, -0.2) is 9.67 Å². The van der Waals surface area contributed by atoms with Gasteiger partial charge in [0.2, 0.25) is 5.91 Å². The Labute approximate surface area is 136 Å². The van der Waals surface area contributed by atoms with Crippen molar-refractivity contribution in [3.05, 3.63) is 47.5 Å². The van der Waals surface area contributed by atoms with Crippen LogP contribution in [0.15, 0.2) is 30.9 Å². The summed E-state index contributed by atoms with van der Waals surface area (Å²) in [5.41, 5.74) is 4.05. The van der Waals surface area contributed by atoms with E-state index in [-0.39, 0.29) is 11.9 Å². The number of hydrogen-bond donors (Lipinski definition) is 0. The first-order chi connectivity index (χ1) is 11.3. The Kier molecular flexibility index (Phi) is 3.85. The molecule has 0 spiro atoms. The Bertz CT molecular complexity index is 695. The van der Waals surface area contributed by atoms with Crippen LogP contribution in [0.1, 0.15) is 42.0 Å². The Hall–Kier alpha value is -2.17. The summed E-state index contributed by atoms with van der Waals surface area (Å²) in [6.45, 7) is 1.60. The third-order valence-electron chi connectivity index (χ3n) is 5.08. The summed E-state index contributed by atoms with van der Waals surface area (Å²) in [6, 6.07) is 6.83. The monoisotopic (exact) mass is 310 g/mol. The van der Waals surface area contributed by atoms with Crippen molar-refractivity contribution in [3.63, 3.8) is 0 Å². The molecule has 0 unspecified atom stereocenters. The summed E-state index contributed by atoms with van der Waals surface area (Å²) < 4.78 is 1.88. The molecule has 5 heteroatoms. The van der Waals surface area contributed by atoms with E-state index in [0.717, 1.165) is 37.9 Å². The van der Waals surface area contributed by atoms with Crippen molar-refractivity contribution >= 4 is 5.91 Å². The van der Waals surface area contributed by atoms with E-state index >= 15 is 0 Å². The fraction of sp³-hybridized carbons (Fsp3) is 0.500. The van der Waals surface area contributed by atoms with E-state index in [9.17, 15) is 4.79 Å². The van der Waals surface area contributed by atoms with Gasteiger partial charge in [-0.3, -0.25) is 4.79 Å². The van der Waals surface area contributed by atoms with Gasteiger partial charge in [0.25, 0.3) is 0 Å². The van der Waals surface area contributed by atoms with Crippen LogP contribution in [-0.2, 0) is 24.1 Å². The molecule has 0 radical (unpaired) electrons. The lowest BCUT2D eigenvalue weighted by Gasteiger charge is -2.32. The van der Waals surface area contributed by atoms with Crippen LogP contribution in [0.3, 0.4) is 0 Å². The number of hydrogen-bond acceptors (Lipinski definition) is 3. The second-order valence-corrected chi connectivity index (χ2v) is 6.64. The molecule has 23 heavy (non-hydrogen) atoms. The van der Waals surface area contributed by atoms with Crippen LogP contribution in [0.5, 0.6) is 0 Å². The van der Waals surface area contributed by atoms with Crippen LogP contribution >= 0.6 is 0 Å². The number of likely N-dealkylation sites (tertiary alicyclic amines) is 1. The first kappa shape index (κ1) is 14.4. The lowest BCUT2D eigenvalue weighted by Crippen LogP contribution is -2.41. The van der Waals surface area contributed by atoms with Crippen molar-refractivity contribution in [2.45, 2.75) is 44.6 Å². The molecule has 1 aliphatic carbocycles. The molecule has 120 valence electrons. The molecule has 4 rings (SSSR count). The van der Waals surface area contributed by atoms with Crippen molar-refractivity contribution < 1.29 is 4.79 Å². The summed E-state index contributed by atoms with van der Waals surface area (Å²) >= 11 is 0. The first-order valence-corrected chi connectivity index (χ1v) is 8.52. The number of fused-ring (bicyclic) bond motifs is 1. The van der Waals surface area contributed by atoms with Crippen LogP contribution in [0.25, 0.3) is 0 Å². The molecule has 1 amide bonds. The molecule has 1 fully saturated rings. The quantitative estimate of drug-likeness (QED) is 0.873. The van der Waals surface area contributed by atoms with Gasteiger partial charge in [-0.05, 0) is 48.8 Å². The van der Waals surface area contributed by atoms with Crippen molar-refractivity contribution in [1.82, 2.24) is 19.7 Å². The van der Waals surface area contributed by atoms with Gasteiger partial charge in [0.05, 0.1) is 12.5 Å². The van der Waals surface area contributed by atoms with E-state index in [1.165, 1.54) is 24.0 Å². The Morgan fingerprint density at radius 2 is 2.13 bits per heavy atom. The number of nitrogens with zero attached hydrogens (tertiary/aromatic N) is 4. The Balaban J connectivity index is 1.42. The number of benzene rings is 1. The molecule has 2 aromatic rings. The van der Waals surface area contributed by atoms with E-state index < -0.39 is 0 Å². The maximum absolute atomic E-state index is 12.7. The van der Waals surface area contributed by atoms with E-state index in [1.54, 1.807) is 12.7 Å². The highest BCUT2D eigenvalue weighted by atomic mass is 16.2. The molecular weight excluding hydrogens is 288 g/mol. The van der Waals surface area contributed by atoms with Gasteiger partial charge >= 0.3 is 0 Å². The highest BCUT2D eigenvalue weighted by molar-refractivity contribution is 5.79. The third-order valence-corrected chi connectivity index (χ3v) is 5.08. The van der Waals surface area contributed by atoms with Crippen LogP contribution in [0.4, 0.5) is 0 Å². The molecule has 2 aliphatic rings. The molecule has 5 nitrogen and oxygen atoms in total. The van der Waals surface area contributed by atoms with Crippen molar-refractivity contribution in [2.24, 2.45) is 0 Å². The minimum atomic E-state index is 0.229. The average molecular weight is 310 g/mol. The zero-order chi connectivity index (χ0) is 15.6. The molecule has 0 N–H and O–H groups in total. The lowest BCUT2D eigenvalue weighted by atomic mass is 10.0. The summed E-state index contributed by atoms with van der Waals surface area (Å²) in [4.78, 5) is 18.7. The van der Waals surface area contributed by atoms with E-state index in [4.69, 9.17) is 0 Å². The minimum Gasteiger partial charge on any atom is -0.340 e. The highest BCUT2D eigenvalue weighted by Gasteiger charge is 2.25. The van der Waals surface area contributed by atoms with Crippen LogP contribution in [-0.4, -0.2) is 38.7 Å². The molecule has 1 aromatic heterocycles. The number of rotatable bonds is 3. The van der Waals surface area contributed by atoms with Gasteiger partial charge in [0.15, 0.2) is 0 Å². The zero-order valence-corrected chi connectivity index (χ0v) is 13.3. The van der Waals surface area contributed by atoms with Crippen LogP contribution in [0.2, 0.25) is 0 Å². The summed E-state index contributed by atoms with van der Waals surface area (Å²) in [6.07, 6.45) is 9.51. The van der Waals surface area contributed by atoms with Crippen LogP contribution < -0.4 is 0 Å². The van der Waals surface area contributed by atoms with E-state index in [0.29, 0.717) is 6.42 Å². The summed E-state index contributed by atoms with van der Waals surface area (Å²) in [7, 11) is 0. The van der Waals surface area contributed by atoms with Crippen molar-refractivity contribution in [2.75, 3.05) is 13.1 Å². The van der Waals surface area contributed by atoms with Gasteiger partial charge in [-0.15, -0.1) is 0 Å². The highest BCUT2D eigenvalue weighted by Crippen LogP contribution is 2.24. The van der Waals surface area contributed by atoms with Gasteiger partial charge in [-0.2, -0.15) is 5.10 Å². The molecule has 0 bridgehead atoms. The predicted molar refractivity (Wildman–Crippen MR) is 87.0 cm³/mol. The van der Waals surface area contributed by atoms with Gasteiger partial charge in [0.1, 0.15) is 12.7 Å². The maximum Gasteiger partial charge on any atom is 0.227 e. The van der Waals surface area contributed by atoms with Gasteiger partial charge in [0, 0.05) is 13.1 Å². The molecule has 0 saturated carbocycles. The third kappa shape index (κ3) is 3.00. The topological polar surface area (TPSA) is 51.0 Å². The number of aryl methyl sites for hydroxylation is 2. The van der Waals surface area contributed by atoms with Crippen molar-refractivity contribution in [3.8, 4) is 0 Å². The molecule has 2 heterocycles. The number of amides is 1. The average Bonchev–Trinajstić information content (AvgIpc) is 3.26. The van der Waals surface area contributed by atoms with E-state index in [1.807, 2.05) is 9.58 Å². The Morgan fingerprint density at radius 1 is 1.22 bits per heavy atom. The second-order valence-electron chi connectivity index (χ2n) is 6.64. The largest absolute Gasteiger partial charge is 0.340 e. The molecule has 1 atom stereocenters. The molecular formula is C18H22N4O. The number of aromatic nitrogens is 3. The normalized spacial score (nSPS) is 20.5. The van der Waals surface area contributed by atoms with Crippen molar-refractivity contribution in [1.29, 1.82) is 0 Å². The fourth-order valence-corrected chi connectivity index (χ4v) is 3.82. The molecule has 1 aromatic carbocycles. The summed E-state index contributed by atoms with van der Waals surface area (Å²) in [5.74, 6) is 0.229. The lowest BCUT2D eigenvalue weighted by molar-refractivity contribution is -0.132.